The van der Waals surface area contributed by atoms with Crippen molar-refractivity contribution < 1.29 is 8.78 Å². The number of para-hydroxylation sites is 2. The van der Waals surface area contributed by atoms with Gasteiger partial charge in [0, 0.05) is 78.6 Å². The molecule has 294 valence electrons. The molecule has 0 aliphatic heterocycles. The minimum atomic E-state index is -0.289. The Labute approximate surface area is 362 Å². The zero-order valence-electron chi connectivity index (χ0n) is 33.4. The van der Waals surface area contributed by atoms with E-state index in [2.05, 4.69) is 143 Å². The van der Waals surface area contributed by atoms with Crippen molar-refractivity contribution in [2.75, 3.05) is 0 Å². The molecule has 0 saturated carbocycles. The Morgan fingerprint density at radius 2 is 0.806 bits per heavy atom. The fourth-order valence-electron chi connectivity index (χ4n) is 10.2. The van der Waals surface area contributed by atoms with Crippen LogP contribution in [-0.4, -0.2) is 9.13 Å². The van der Waals surface area contributed by atoms with Gasteiger partial charge in [0.05, 0.1) is 33.4 Å². The summed E-state index contributed by atoms with van der Waals surface area (Å²) in [6, 6.07) is 60.0. The number of benzene rings is 9. The number of hydrogen-bond donors (Lipinski definition) is 0. The first-order valence-corrected chi connectivity index (χ1v) is 22.6. The van der Waals surface area contributed by atoms with E-state index in [9.17, 15) is 8.78 Å². The summed E-state index contributed by atoms with van der Waals surface area (Å²) in [6.07, 6.45) is 0.673. The van der Waals surface area contributed by atoms with Gasteiger partial charge in [-0.25, -0.2) is 8.78 Å². The molecule has 0 aliphatic rings. The summed E-state index contributed by atoms with van der Waals surface area (Å²) in [5, 5.41) is 9.83. The molecular formula is C56H34F2N2S2. The van der Waals surface area contributed by atoms with E-state index in [0.717, 1.165) is 61.3 Å². The molecule has 0 atom stereocenters. The monoisotopic (exact) mass is 836 g/mol. The van der Waals surface area contributed by atoms with Gasteiger partial charge in [0.1, 0.15) is 11.6 Å². The Hall–Kier alpha value is -7.12. The van der Waals surface area contributed by atoms with Crippen LogP contribution in [0.2, 0.25) is 0 Å². The molecule has 0 aliphatic carbocycles. The van der Waals surface area contributed by atoms with Gasteiger partial charge in [0.25, 0.3) is 0 Å². The molecule has 0 amide bonds. The number of aromatic nitrogens is 2. The Morgan fingerprint density at radius 3 is 1.24 bits per heavy atom. The maximum Gasteiger partial charge on any atom is 0.123 e. The second-order valence-corrected chi connectivity index (χ2v) is 18.2. The summed E-state index contributed by atoms with van der Waals surface area (Å²) in [6.45, 7) is 2.24. The topological polar surface area (TPSA) is 9.86 Å². The van der Waals surface area contributed by atoms with Gasteiger partial charge >= 0.3 is 0 Å². The van der Waals surface area contributed by atoms with Crippen LogP contribution in [-0.2, 0) is 6.42 Å². The van der Waals surface area contributed by atoms with Crippen LogP contribution in [0.3, 0.4) is 0 Å². The third-order valence-corrected chi connectivity index (χ3v) is 15.3. The second kappa shape index (κ2) is 13.4. The third-order valence-electron chi connectivity index (χ3n) is 12.8. The molecular weight excluding hydrogens is 803 g/mol. The smallest absolute Gasteiger partial charge is 0.123 e. The van der Waals surface area contributed by atoms with Crippen molar-refractivity contribution in [2.24, 2.45) is 0 Å². The minimum absolute atomic E-state index is 0.289. The Bertz CT molecular complexity index is 3720. The molecule has 6 heteroatoms. The fourth-order valence-corrected chi connectivity index (χ4v) is 12.7. The Balaban J connectivity index is 1.25. The van der Waals surface area contributed by atoms with E-state index in [0.29, 0.717) is 6.42 Å². The number of rotatable bonds is 5. The lowest BCUT2D eigenvalue weighted by Gasteiger charge is -2.26. The van der Waals surface area contributed by atoms with Crippen LogP contribution in [0.1, 0.15) is 12.5 Å². The predicted octanol–water partition coefficient (Wildman–Crippen LogP) is 16.8. The lowest BCUT2D eigenvalue weighted by molar-refractivity contribution is 0.627. The van der Waals surface area contributed by atoms with E-state index in [4.69, 9.17) is 0 Å². The van der Waals surface area contributed by atoms with Crippen LogP contribution in [0.4, 0.5) is 8.78 Å². The van der Waals surface area contributed by atoms with Gasteiger partial charge in [-0.2, -0.15) is 0 Å². The molecule has 0 saturated heterocycles. The maximum atomic E-state index is 14.8. The first kappa shape index (κ1) is 35.6. The lowest BCUT2D eigenvalue weighted by Crippen LogP contribution is -2.10. The minimum Gasteiger partial charge on any atom is -0.308 e. The van der Waals surface area contributed by atoms with E-state index in [1.165, 1.54) is 61.9 Å². The lowest BCUT2D eigenvalue weighted by atomic mass is 9.90. The van der Waals surface area contributed by atoms with Gasteiger partial charge < -0.3 is 9.13 Å². The highest BCUT2D eigenvalue weighted by Gasteiger charge is 2.28. The van der Waals surface area contributed by atoms with Crippen LogP contribution in [0, 0.1) is 11.6 Å². The van der Waals surface area contributed by atoms with Crippen LogP contribution in [0.15, 0.2) is 176 Å². The van der Waals surface area contributed by atoms with Crippen molar-refractivity contribution in [3.05, 3.63) is 193 Å². The number of halogens is 2. The molecule has 13 aromatic rings. The molecule has 4 aromatic heterocycles. The molecule has 0 N–H and O–H groups in total. The molecule has 0 unspecified atom stereocenters. The number of fused-ring (bicyclic) bond motifs is 14. The van der Waals surface area contributed by atoms with Crippen molar-refractivity contribution in [3.8, 4) is 33.6 Å². The Kier molecular flexibility index (Phi) is 7.72. The van der Waals surface area contributed by atoms with Gasteiger partial charge in [-0.1, -0.05) is 116 Å². The van der Waals surface area contributed by atoms with Gasteiger partial charge in [-0.05, 0) is 84.3 Å². The number of hydrogen-bond acceptors (Lipinski definition) is 2. The van der Waals surface area contributed by atoms with Crippen molar-refractivity contribution in [3.63, 3.8) is 0 Å². The number of nitrogens with zero attached hydrogens (tertiary/aromatic N) is 2. The summed E-state index contributed by atoms with van der Waals surface area (Å²) in [5.74, 6) is -0.577. The molecule has 62 heavy (non-hydrogen) atoms. The second-order valence-electron chi connectivity index (χ2n) is 16.1. The van der Waals surface area contributed by atoms with E-state index in [1.807, 2.05) is 46.9 Å². The van der Waals surface area contributed by atoms with E-state index in [1.54, 1.807) is 24.3 Å². The van der Waals surface area contributed by atoms with Gasteiger partial charge in [-0.15, -0.1) is 22.7 Å². The van der Waals surface area contributed by atoms with E-state index in [-0.39, 0.29) is 11.6 Å². The molecule has 0 fully saturated rings. The zero-order chi connectivity index (χ0) is 41.2. The number of thiophene rings is 2. The molecule has 0 bridgehead atoms. The summed E-state index contributed by atoms with van der Waals surface area (Å²) in [7, 11) is 0. The summed E-state index contributed by atoms with van der Waals surface area (Å²) in [4.78, 5) is 0. The van der Waals surface area contributed by atoms with E-state index < -0.39 is 0 Å². The maximum absolute atomic E-state index is 14.8. The average molecular weight is 837 g/mol. The average Bonchev–Trinajstić information content (AvgIpc) is 4.06. The van der Waals surface area contributed by atoms with Crippen LogP contribution >= 0.6 is 22.7 Å². The zero-order valence-corrected chi connectivity index (χ0v) is 35.1. The van der Waals surface area contributed by atoms with Crippen LogP contribution in [0.25, 0.3) is 118 Å². The van der Waals surface area contributed by atoms with Gasteiger partial charge in [0.2, 0.25) is 0 Å². The molecule has 9 aromatic carbocycles. The van der Waals surface area contributed by atoms with Crippen LogP contribution < -0.4 is 0 Å². The van der Waals surface area contributed by atoms with Crippen molar-refractivity contribution >= 4 is 107 Å². The first-order valence-electron chi connectivity index (χ1n) is 20.9. The quantitative estimate of drug-likeness (QED) is 0.163. The van der Waals surface area contributed by atoms with Crippen molar-refractivity contribution in [1.29, 1.82) is 0 Å². The summed E-state index contributed by atoms with van der Waals surface area (Å²) < 4.78 is 39.6. The van der Waals surface area contributed by atoms with Crippen LogP contribution in [0.5, 0.6) is 0 Å². The molecule has 0 spiro atoms. The molecule has 13 rings (SSSR count). The molecule has 2 nitrogen and oxygen atoms in total. The molecule has 4 heterocycles. The highest BCUT2D eigenvalue weighted by atomic mass is 32.1. The fraction of sp³-hybridized carbons (Fsp3) is 0.0357. The molecule has 0 radical (unpaired) electrons. The largest absolute Gasteiger partial charge is 0.308 e. The predicted molar refractivity (Wildman–Crippen MR) is 261 cm³/mol. The van der Waals surface area contributed by atoms with E-state index >= 15 is 0 Å². The van der Waals surface area contributed by atoms with Crippen molar-refractivity contribution in [2.45, 2.75) is 13.3 Å². The standard InChI is InChI=1S/C56H34F2N2S2/c1-2-36-53(59-45-15-7-3-13-41(45)51-47(59)29-27-39-37-11-5-9-17-49(37)61-55(39)51)43(32-19-23-34(57)24-20-32)31-44(33-21-25-35(58)26-22-33)54(36)60-46-16-8-4-14-42(46)52-48(60)30-28-40-38-12-6-10-18-50(38)62-56(40)52/h3-31H,2H2,1H3. The Morgan fingerprint density at radius 1 is 0.403 bits per heavy atom. The highest BCUT2D eigenvalue weighted by molar-refractivity contribution is 7.27. The third kappa shape index (κ3) is 4.99. The van der Waals surface area contributed by atoms with Gasteiger partial charge in [0.15, 0.2) is 0 Å². The van der Waals surface area contributed by atoms with Crippen molar-refractivity contribution in [1.82, 2.24) is 9.13 Å². The van der Waals surface area contributed by atoms with Gasteiger partial charge in [-0.3, -0.25) is 0 Å². The normalized spacial score (nSPS) is 12.2. The summed E-state index contributed by atoms with van der Waals surface area (Å²) >= 11 is 3.69. The first-order chi connectivity index (χ1) is 30.6. The highest BCUT2D eigenvalue weighted by Crippen LogP contribution is 2.50. The summed E-state index contributed by atoms with van der Waals surface area (Å²) in [5.41, 5.74) is 11.4. The SMILES string of the molecule is CCc1c(-n2c3ccccc3c3c4sc5ccccc5c4ccc32)c(-c2ccc(F)cc2)cc(-c2ccc(F)cc2)c1-n1c2ccccc2c2c3sc4ccccc4c3ccc21.